The number of rotatable bonds is 6. The molecule has 4 heterocycles. The highest BCUT2D eigenvalue weighted by atomic mass is 19.1. The average Bonchev–Trinajstić information content (AvgIpc) is 3.33. The maximum absolute atomic E-state index is 15.2. The first-order chi connectivity index (χ1) is 20.1. The number of fused-ring (bicyclic) bond motifs is 1. The van der Waals surface area contributed by atoms with Gasteiger partial charge in [-0.2, -0.15) is 5.10 Å². The minimum absolute atomic E-state index is 0.00946. The van der Waals surface area contributed by atoms with Crippen LogP contribution in [0.5, 0.6) is 0 Å². The Morgan fingerprint density at radius 3 is 2.55 bits per heavy atom. The number of hydrogen-bond acceptors (Lipinski definition) is 7. The summed E-state index contributed by atoms with van der Waals surface area (Å²) in [6, 6.07) is 7.37. The van der Waals surface area contributed by atoms with Crippen LogP contribution in [-0.4, -0.2) is 67.7 Å². The molecule has 1 aromatic carbocycles. The third-order valence-corrected chi connectivity index (χ3v) is 8.94. The Labute approximate surface area is 243 Å². The number of halogens is 2. The lowest BCUT2D eigenvalue weighted by molar-refractivity contribution is -0.131. The molecule has 3 atom stereocenters. The molecule has 0 unspecified atom stereocenters. The van der Waals surface area contributed by atoms with Gasteiger partial charge in [-0.15, -0.1) is 0 Å². The third-order valence-electron chi connectivity index (χ3n) is 8.94. The van der Waals surface area contributed by atoms with Gasteiger partial charge in [0.25, 0.3) is 0 Å². The molecule has 3 aromatic heterocycles. The molecule has 4 aromatic rings. The second-order valence-electron chi connectivity index (χ2n) is 11.8. The van der Waals surface area contributed by atoms with Gasteiger partial charge >= 0.3 is 0 Å². The minimum atomic E-state index is -1.17. The van der Waals surface area contributed by atoms with E-state index in [0.29, 0.717) is 43.7 Å². The molecule has 3 N–H and O–H groups in total. The third kappa shape index (κ3) is 4.90. The lowest BCUT2D eigenvalue weighted by atomic mass is 9.75. The van der Waals surface area contributed by atoms with Crippen molar-refractivity contribution < 1.29 is 18.7 Å². The molecule has 1 aliphatic carbocycles. The van der Waals surface area contributed by atoms with Crippen molar-refractivity contribution in [2.75, 3.05) is 25.0 Å². The Balaban J connectivity index is 1.30. The van der Waals surface area contributed by atoms with Crippen molar-refractivity contribution in [1.29, 1.82) is 0 Å². The zero-order chi connectivity index (χ0) is 29.8. The van der Waals surface area contributed by atoms with Gasteiger partial charge in [-0.3, -0.25) is 9.78 Å². The van der Waals surface area contributed by atoms with Crippen LogP contribution in [0.4, 0.5) is 14.5 Å². The van der Waals surface area contributed by atoms with Crippen LogP contribution >= 0.6 is 0 Å². The SMILES string of the molecule is CC(=O)N(C)[C@@H]1[C@H](N)CN(c2ccncc2Cc2ncc3ccc(-c4c(F)cc(C5(O)CCC5)cc4F)nn23)C[C@@H]1C. The summed E-state index contributed by atoms with van der Waals surface area (Å²) in [5, 5.41) is 15.2. The number of likely N-dealkylation sites (N-methyl/N-ethyl adjacent to an activating group) is 1. The molecular formula is C31H35F2N7O2. The zero-order valence-corrected chi connectivity index (χ0v) is 24.0. The van der Waals surface area contributed by atoms with Crippen LogP contribution in [0.25, 0.3) is 16.8 Å². The predicted octanol–water partition coefficient (Wildman–Crippen LogP) is 3.66. The summed E-state index contributed by atoms with van der Waals surface area (Å²) in [6.07, 6.45) is 7.37. The van der Waals surface area contributed by atoms with E-state index in [0.717, 1.165) is 17.7 Å². The zero-order valence-electron chi connectivity index (χ0n) is 24.0. The van der Waals surface area contributed by atoms with E-state index in [2.05, 4.69) is 26.9 Å². The largest absolute Gasteiger partial charge is 0.385 e. The van der Waals surface area contributed by atoms with Gasteiger partial charge in [0.15, 0.2) is 0 Å². The number of aliphatic hydroxyl groups is 1. The molecule has 0 radical (unpaired) electrons. The number of benzene rings is 1. The summed E-state index contributed by atoms with van der Waals surface area (Å²) in [5.74, 6) is -0.813. The van der Waals surface area contributed by atoms with E-state index in [9.17, 15) is 9.90 Å². The quantitative estimate of drug-likeness (QED) is 0.361. The number of amides is 1. The summed E-state index contributed by atoms with van der Waals surface area (Å²) in [7, 11) is 1.80. The Morgan fingerprint density at radius 1 is 1.17 bits per heavy atom. The number of anilines is 1. The number of carbonyl (C=O) groups is 1. The smallest absolute Gasteiger partial charge is 0.219 e. The van der Waals surface area contributed by atoms with Gasteiger partial charge in [0, 0.05) is 63.2 Å². The van der Waals surface area contributed by atoms with Crippen molar-refractivity contribution in [3.05, 3.63) is 77.5 Å². The van der Waals surface area contributed by atoms with E-state index in [1.807, 2.05) is 6.07 Å². The maximum Gasteiger partial charge on any atom is 0.219 e. The molecule has 220 valence electrons. The molecule has 1 saturated carbocycles. The number of piperidine rings is 1. The van der Waals surface area contributed by atoms with E-state index in [-0.39, 0.29) is 40.7 Å². The number of hydrogen-bond donors (Lipinski definition) is 2. The normalized spacial score (nSPS) is 21.8. The van der Waals surface area contributed by atoms with E-state index in [1.165, 1.54) is 12.1 Å². The van der Waals surface area contributed by atoms with Crippen LogP contribution < -0.4 is 10.6 Å². The molecule has 1 amide bonds. The Hall–Kier alpha value is -3.96. The summed E-state index contributed by atoms with van der Waals surface area (Å²) in [5.41, 5.74) is 8.11. The fourth-order valence-corrected chi connectivity index (χ4v) is 6.50. The number of nitrogens with two attached hydrogens (primary N) is 1. The first kappa shape index (κ1) is 28.2. The molecule has 11 heteroatoms. The molecule has 0 spiro atoms. The van der Waals surface area contributed by atoms with Crippen LogP contribution in [0.2, 0.25) is 0 Å². The lowest BCUT2D eigenvalue weighted by Crippen LogP contribution is -2.62. The van der Waals surface area contributed by atoms with Crippen LogP contribution in [-0.2, 0) is 16.8 Å². The average molecular weight is 576 g/mol. The van der Waals surface area contributed by atoms with Gasteiger partial charge in [0.1, 0.15) is 17.5 Å². The summed E-state index contributed by atoms with van der Waals surface area (Å²) in [4.78, 5) is 24.9. The van der Waals surface area contributed by atoms with Gasteiger partial charge in [-0.05, 0) is 61.1 Å². The van der Waals surface area contributed by atoms with E-state index in [4.69, 9.17) is 5.73 Å². The summed E-state index contributed by atoms with van der Waals surface area (Å²) >= 11 is 0. The van der Waals surface area contributed by atoms with Crippen molar-refractivity contribution in [2.24, 2.45) is 11.7 Å². The first-order valence-electron chi connectivity index (χ1n) is 14.3. The second-order valence-corrected chi connectivity index (χ2v) is 11.8. The van der Waals surface area contributed by atoms with Crippen LogP contribution in [0, 0.1) is 17.6 Å². The van der Waals surface area contributed by atoms with Crippen molar-refractivity contribution in [1.82, 2.24) is 24.5 Å². The molecule has 1 aliphatic heterocycles. The number of nitrogens with zero attached hydrogens (tertiary/aromatic N) is 6. The minimum Gasteiger partial charge on any atom is -0.385 e. The van der Waals surface area contributed by atoms with Crippen molar-refractivity contribution >= 4 is 17.1 Å². The molecular weight excluding hydrogens is 540 g/mol. The van der Waals surface area contributed by atoms with E-state index in [1.54, 1.807) is 54.1 Å². The molecule has 6 rings (SSSR count). The first-order valence-corrected chi connectivity index (χ1v) is 14.3. The second kappa shape index (κ2) is 10.7. The molecule has 9 nitrogen and oxygen atoms in total. The fraction of sp³-hybridized carbons (Fsp3) is 0.419. The summed E-state index contributed by atoms with van der Waals surface area (Å²) < 4.78 is 32.1. The molecule has 1 saturated heterocycles. The Morgan fingerprint density at radius 2 is 1.90 bits per heavy atom. The monoisotopic (exact) mass is 575 g/mol. The van der Waals surface area contributed by atoms with Crippen LogP contribution in [0.3, 0.4) is 0 Å². The number of aromatic nitrogens is 4. The number of pyridine rings is 1. The maximum atomic E-state index is 15.2. The standard InChI is InChI=1S/C31H35F2N7O2/c1-18-16-39(17-25(34)30(18)38(3)19(2)41)27-7-10-35-14-20(27)11-28-36-15-22-5-6-26(37-40(22)28)29-23(32)12-21(13-24(29)33)31(42)8-4-9-31/h5-7,10,12-15,18,25,30,42H,4,8-9,11,16-17,34H2,1-3H3/t18-,25+,30-/m0/s1. The predicted molar refractivity (Wildman–Crippen MR) is 155 cm³/mol. The number of carbonyl (C=O) groups excluding carboxylic acids is 1. The van der Waals surface area contributed by atoms with Gasteiger partial charge in [0.05, 0.1) is 34.6 Å². The van der Waals surface area contributed by atoms with E-state index >= 15 is 8.78 Å². The van der Waals surface area contributed by atoms with Gasteiger partial charge in [-0.25, -0.2) is 18.3 Å². The van der Waals surface area contributed by atoms with Gasteiger partial charge < -0.3 is 20.6 Å². The Kier molecular flexibility index (Phi) is 7.18. The lowest BCUT2D eigenvalue weighted by Gasteiger charge is -2.46. The van der Waals surface area contributed by atoms with Crippen molar-refractivity contribution in [3.63, 3.8) is 0 Å². The Bertz CT molecular complexity index is 1620. The molecule has 2 aliphatic rings. The summed E-state index contributed by atoms with van der Waals surface area (Å²) in [6.45, 7) is 4.93. The van der Waals surface area contributed by atoms with Crippen molar-refractivity contribution in [2.45, 2.75) is 57.2 Å². The number of imidazole rings is 1. The highest BCUT2D eigenvalue weighted by Crippen LogP contribution is 2.42. The van der Waals surface area contributed by atoms with Gasteiger partial charge in [-0.1, -0.05) is 6.92 Å². The fourth-order valence-electron chi connectivity index (χ4n) is 6.50. The molecule has 2 fully saturated rings. The van der Waals surface area contributed by atoms with Crippen LogP contribution in [0.15, 0.2) is 48.9 Å². The van der Waals surface area contributed by atoms with Gasteiger partial charge in [0.2, 0.25) is 5.91 Å². The van der Waals surface area contributed by atoms with Crippen molar-refractivity contribution in [3.8, 4) is 11.3 Å². The molecule has 42 heavy (non-hydrogen) atoms. The highest BCUT2D eigenvalue weighted by molar-refractivity contribution is 5.73. The van der Waals surface area contributed by atoms with E-state index < -0.39 is 17.2 Å². The van der Waals surface area contributed by atoms with Crippen LogP contribution in [0.1, 0.15) is 50.1 Å². The molecule has 0 bridgehead atoms. The highest BCUT2D eigenvalue weighted by Gasteiger charge is 2.38. The topological polar surface area (TPSA) is 113 Å².